The van der Waals surface area contributed by atoms with Crippen LogP contribution < -0.4 is 10.2 Å². The van der Waals surface area contributed by atoms with Gasteiger partial charge in [-0.3, -0.25) is 14.4 Å². The van der Waals surface area contributed by atoms with E-state index in [2.05, 4.69) is 10.4 Å². The third-order valence-corrected chi connectivity index (χ3v) is 3.52. The molecule has 0 atom stereocenters. The number of hydrogen-bond donors (Lipinski definition) is 1. The second kappa shape index (κ2) is 5.49. The monoisotopic (exact) mass is 298 g/mol. The Balaban J connectivity index is 1.94. The molecule has 0 saturated carbocycles. The van der Waals surface area contributed by atoms with Gasteiger partial charge >= 0.3 is 0 Å². The minimum atomic E-state index is -0.157. The summed E-state index contributed by atoms with van der Waals surface area (Å²) in [5.41, 5.74) is 2.08. The van der Waals surface area contributed by atoms with E-state index in [1.807, 2.05) is 48.0 Å². The molecular weight excluding hydrogens is 284 g/mol. The molecule has 1 saturated heterocycles. The van der Waals surface area contributed by atoms with Crippen LogP contribution in [0.4, 0.5) is 5.69 Å². The summed E-state index contributed by atoms with van der Waals surface area (Å²) in [5, 5.41) is 7.54. The van der Waals surface area contributed by atoms with Crippen LogP contribution in [-0.4, -0.2) is 20.8 Å². The minimum absolute atomic E-state index is 0.157. The van der Waals surface area contributed by atoms with Crippen molar-refractivity contribution in [3.05, 3.63) is 54.0 Å². The summed E-state index contributed by atoms with van der Waals surface area (Å²) in [4.78, 5) is 14.0. The number of benzene rings is 1. The van der Waals surface area contributed by atoms with Crippen molar-refractivity contribution in [2.45, 2.75) is 13.5 Å². The molecule has 1 aliphatic rings. The molecule has 1 fully saturated rings. The Hall–Kier alpha value is -2.47. The molecular formula is C15H14N4OS. The van der Waals surface area contributed by atoms with Crippen LogP contribution in [0.15, 0.2) is 48.3 Å². The van der Waals surface area contributed by atoms with Gasteiger partial charge in [-0.1, -0.05) is 18.2 Å². The van der Waals surface area contributed by atoms with E-state index in [4.69, 9.17) is 12.2 Å². The quantitative estimate of drug-likeness (QED) is 0.697. The minimum Gasteiger partial charge on any atom is -0.327 e. The highest BCUT2D eigenvalue weighted by atomic mass is 32.1. The average molecular weight is 298 g/mol. The molecule has 1 aromatic heterocycles. The van der Waals surface area contributed by atoms with Gasteiger partial charge in [0, 0.05) is 12.7 Å². The van der Waals surface area contributed by atoms with Crippen LogP contribution in [-0.2, 0) is 11.3 Å². The third-order valence-electron chi connectivity index (χ3n) is 3.23. The van der Waals surface area contributed by atoms with Crippen LogP contribution in [0.2, 0.25) is 0 Å². The number of carbonyl (C=O) groups is 1. The Labute approximate surface area is 127 Å². The van der Waals surface area contributed by atoms with E-state index in [-0.39, 0.29) is 5.91 Å². The summed E-state index contributed by atoms with van der Waals surface area (Å²) in [6, 6.07) is 11.2. The number of rotatable bonds is 3. The number of aromatic nitrogens is 2. The molecule has 0 spiro atoms. The van der Waals surface area contributed by atoms with E-state index in [0.29, 0.717) is 10.8 Å². The SMILES string of the molecule is CCn1nccc1/C=C1/NC(=S)N(c2ccccc2)C1=O. The number of para-hydroxylation sites is 1. The lowest BCUT2D eigenvalue weighted by Gasteiger charge is -2.13. The lowest BCUT2D eigenvalue weighted by atomic mass is 10.2. The second-order valence-corrected chi connectivity index (χ2v) is 4.92. The fourth-order valence-electron chi connectivity index (χ4n) is 2.22. The molecule has 1 amide bonds. The van der Waals surface area contributed by atoms with Crippen LogP contribution in [0.3, 0.4) is 0 Å². The topological polar surface area (TPSA) is 50.2 Å². The maximum Gasteiger partial charge on any atom is 0.281 e. The van der Waals surface area contributed by atoms with Gasteiger partial charge in [-0.25, -0.2) is 0 Å². The van der Waals surface area contributed by atoms with Crippen molar-refractivity contribution in [2.75, 3.05) is 4.90 Å². The lowest BCUT2D eigenvalue weighted by molar-refractivity contribution is -0.113. The number of nitrogens with one attached hydrogen (secondary N) is 1. The Bertz CT molecular complexity index is 720. The van der Waals surface area contributed by atoms with Crippen molar-refractivity contribution in [1.29, 1.82) is 0 Å². The summed E-state index contributed by atoms with van der Waals surface area (Å²) in [7, 11) is 0. The second-order valence-electron chi connectivity index (χ2n) is 4.54. The molecule has 106 valence electrons. The molecule has 0 aliphatic carbocycles. The highest BCUT2D eigenvalue weighted by molar-refractivity contribution is 7.80. The molecule has 0 bridgehead atoms. The predicted molar refractivity (Wildman–Crippen MR) is 85.5 cm³/mol. The standard InChI is InChI=1S/C15H14N4OS/c1-2-18-12(8-9-16-18)10-13-14(20)19(15(21)17-13)11-6-4-3-5-7-11/h3-10H,2H2,1H3,(H,17,21)/b13-10+. The van der Waals surface area contributed by atoms with Crippen LogP contribution in [0.5, 0.6) is 0 Å². The van der Waals surface area contributed by atoms with Gasteiger partial charge in [-0.05, 0) is 43.4 Å². The number of amides is 1. The first-order valence-corrected chi connectivity index (χ1v) is 7.05. The first kappa shape index (κ1) is 13.5. The fraction of sp³-hybridized carbons (Fsp3) is 0.133. The number of nitrogens with zero attached hydrogens (tertiary/aromatic N) is 3. The van der Waals surface area contributed by atoms with Crippen molar-refractivity contribution >= 4 is 35.0 Å². The third kappa shape index (κ3) is 2.45. The zero-order chi connectivity index (χ0) is 14.8. The number of carbonyl (C=O) groups excluding carboxylic acids is 1. The molecule has 1 aromatic carbocycles. The number of aryl methyl sites for hydroxylation is 1. The van der Waals surface area contributed by atoms with Gasteiger partial charge in [0.05, 0.1) is 11.4 Å². The number of anilines is 1. The lowest BCUT2D eigenvalue weighted by Crippen LogP contribution is -2.30. The van der Waals surface area contributed by atoms with Crippen LogP contribution in [0, 0.1) is 0 Å². The van der Waals surface area contributed by atoms with Crippen LogP contribution in [0.25, 0.3) is 6.08 Å². The van der Waals surface area contributed by atoms with E-state index < -0.39 is 0 Å². The molecule has 2 aromatic rings. The summed E-state index contributed by atoms with van der Waals surface area (Å²) in [6.45, 7) is 2.74. The van der Waals surface area contributed by atoms with Crippen molar-refractivity contribution < 1.29 is 4.79 Å². The van der Waals surface area contributed by atoms with Gasteiger partial charge in [-0.15, -0.1) is 0 Å². The first-order valence-electron chi connectivity index (χ1n) is 6.64. The highest BCUT2D eigenvalue weighted by Gasteiger charge is 2.31. The normalized spacial score (nSPS) is 16.6. The molecule has 3 rings (SSSR count). The van der Waals surface area contributed by atoms with Gasteiger partial charge in [0.25, 0.3) is 5.91 Å². The Morgan fingerprint density at radius 3 is 2.76 bits per heavy atom. The molecule has 5 nitrogen and oxygen atoms in total. The maximum absolute atomic E-state index is 12.5. The molecule has 2 heterocycles. The van der Waals surface area contributed by atoms with E-state index in [1.165, 1.54) is 4.90 Å². The predicted octanol–water partition coefficient (Wildman–Crippen LogP) is 2.17. The summed E-state index contributed by atoms with van der Waals surface area (Å²) in [6.07, 6.45) is 3.48. The fourth-order valence-corrected chi connectivity index (χ4v) is 2.52. The van der Waals surface area contributed by atoms with E-state index in [0.717, 1.165) is 17.9 Å². The zero-order valence-electron chi connectivity index (χ0n) is 11.5. The summed E-state index contributed by atoms with van der Waals surface area (Å²) >= 11 is 5.26. The molecule has 1 N–H and O–H groups in total. The summed E-state index contributed by atoms with van der Waals surface area (Å²) < 4.78 is 1.82. The Morgan fingerprint density at radius 1 is 1.29 bits per heavy atom. The molecule has 6 heteroatoms. The molecule has 21 heavy (non-hydrogen) atoms. The van der Waals surface area contributed by atoms with Gasteiger partial charge in [0.15, 0.2) is 5.11 Å². The van der Waals surface area contributed by atoms with Gasteiger partial charge in [-0.2, -0.15) is 5.10 Å². The molecule has 1 aliphatic heterocycles. The van der Waals surface area contributed by atoms with Crippen LogP contribution >= 0.6 is 12.2 Å². The van der Waals surface area contributed by atoms with Crippen molar-refractivity contribution in [3.8, 4) is 0 Å². The Morgan fingerprint density at radius 2 is 2.05 bits per heavy atom. The average Bonchev–Trinajstić information content (AvgIpc) is 3.05. The van der Waals surface area contributed by atoms with Gasteiger partial charge < -0.3 is 5.32 Å². The number of hydrogen-bond acceptors (Lipinski definition) is 3. The van der Waals surface area contributed by atoms with E-state index >= 15 is 0 Å². The van der Waals surface area contributed by atoms with Crippen molar-refractivity contribution in [3.63, 3.8) is 0 Å². The van der Waals surface area contributed by atoms with Crippen molar-refractivity contribution in [2.24, 2.45) is 0 Å². The molecule has 0 radical (unpaired) electrons. The highest BCUT2D eigenvalue weighted by Crippen LogP contribution is 2.21. The number of thiocarbonyl (C=S) groups is 1. The van der Waals surface area contributed by atoms with E-state index in [9.17, 15) is 4.79 Å². The largest absolute Gasteiger partial charge is 0.327 e. The zero-order valence-corrected chi connectivity index (χ0v) is 12.3. The van der Waals surface area contributed by atoms with Crippen LogP contribution in [0.1, 0.15) is 12.6 Å². The smallest absolute Gasteiger partial charge is 0.281 e. The first-order chi connectivity index (χ1) is 10.2. The maximum atomic E-state index is 12.5. The van der Waals surface area contributed by atoms with Gasteiger partial charge in [0.1, 0.15) is 5.70 Å². The Kier molecular flexibility index (Phi) is 3.53. The van der Waals surface area contributed by atoms with Crippen molar-refractivity contribution in [1.82, 2.24) is 15.1 Å². The van der Waals surface area contributed by atoms with Gasteiger partial charge in [0.2, 0.25) is 0 Å². The van der Waals surface area contributed by atoms with E-state index in [1.54, 1.807) is 12.3 Å². The summed E-state index contributed by atoms with van der Waals surface area (Å²) in [5.74, 6) is -0.157. The molecule has 0 unspecified atom stereocenters.